The first kappa shape index (κ1) is 26.3. The Hall–Kier alpha value is -3.96. The number of amides is 1. The van der Waals surface area contributed by atoms with Crippen LogP contribution in [0.1, 0.15) is 65.6 Å². The van der Waals surface area contributed by atoms with Crippen molar-refractivity contribution in [1.82, 2.24) is 14.9 Å². The molecule has 1 aliphatic carbocycles. The van der Waals surface area contributed by atoms with Crippen LogP contribution in [0.15, 0.2) is 16.9 Å². The lowest BCUT2D eigenvalue weighted by molar-refractivity contribution is -0.172. The summed E-state index contributed by atoms with van der Waals surface area (Å²) in [5.41, 5.74) is 1.91. The number of fused-ring (bicyclic) bond motifs is 5. The highest BCUT2D eigenvalue weighted by molar-refractivity contribution is 5.99. The predicted molar refractivity (Wildman–Crippen MR) is 140 cm³/mol. The monoisotopic (exact) mass is 549 g/mol. The van der Waals surface area contributed by atoms with Gasteiger partial charge in [0.25, 0.3) is 5.56 Å². The van der Waals surface area contributed by atoms with Crippen molar-refractivity contribution in [3.63, 3.8) is 0 Å². The SMILES string of the molecule is CC[C@@]1(O)C(=O)OCc2c1cc1n(c2=O)Cc2c-1nc1cc(F)c(C)c3c1c2[C@@H](NC(=O)CC(=O)COC)CC3. The van der Waals surface area contributed by atoms with Gasteiger partial charge >= 0.3 is 5.97 Å². The first-order valence-electron chi connectivity index (χ1n) is 13.2. The molecular formula is C29H28FN3O7. The summed E-state index contributed by atoms with van der Waals surface area (Å²) < 4.78 is 26.5. The van der Waals surface area contributed by atoms with E-state index in [-0.39, 0.29) is 49.5 Å². The number of ether oxygens (including phenoxy) is 2. The van der Waals surface area contributed by atoms with E-state index in [1.54, 1.807) is 19.9 Å². The number of nitrogens with zero attached hydrogens (tertiary/aromatic N) is 2. The molecule has 11 heteroatoms. The second-order valence-electron chi connectivity index (χ2n) is 10.6. The Morgan fingerprint density at radius 3 is 2.77 bits per heavy atom. The zero-order chi connectivity index (χ0) is 28.5. The van der Waals surface area contributed by atoms with Gasteiger partial charge in [-0.2, -0.15) is 0 Å². The number of aromatic nitrogens is 2. The summed E-state index contributed by atoms with van der Waals surface area (Å²) >= 11 is 0. The molecule has 0 saturated heterocycles. The summed E-state index contributed by atoms with van der Waals surface area (Å²) in [6.07, 6.45) is 0.627. The fraction of sp³-hybridized carbons (Fsp3) is 0.414. The number of hydrogen-bond donors (Lipinski definition) is 2. The number of benzene rings is 1. The van der Waals surface area contributed by atoms with E-state index < -0.39 is 34.9 Å². The summed E-state index contributed by atoms with van der Waals surface area (Å²) in [7, 11) is 1.38. The van der Waals surface area contributed by atoms with Gasteiger partial charge in [0.15, 0.2) is 11.4 Å². The zero-order valence-electron chi connectivity index (χ0n) is 22.4. The van der Waals surface area contributed by atoms with Gasteiger partial charge in [-0.25, -0.2) is 14.2 Å². The molecule has 2 aromatic heterocycles. The van der Waals surface area contributed by atoms with E-state index in [2.05, 4.69) is 5.32 Å². The molecule has 10 nitrogen and oxygen atoms in total. The van der Waals surface area contributed by atoms with Crippen molar-refractivity contribution >= 4 is 28.6 Å². The lowest BCUT2D eigenvalue weighted by atomic mass is 9.81. The standard InChI is InChI=1S/C29H28FN3O7/c1-4-29(38)18-8-22-26-16(10-33(22)27(36)17(18)12-40-28(29)37)25-20(31-23(35)7-14(34)11-39-3)6-5-15-13(2)19(30)9-21(32-26)24(15)25/h8-9,20,38H,4-7,10-12H2,1-3H3,(H,31,35)/t20-,29-/m0/s1. The van der Waals surface area contributed by atoms with Crippen molar-refractivity contribution in [3.05, 3.63) is 61.7 Å². The largest absolute Gasteiger partial charge is 0.458 e. The highest BCUT2D eigenvalue weighted by atomic mass is 19.1. The van der Waals surface area contributed by atoms with Crippen LogP contribution in [0.4, 0.5) is 4.39 Å². The molecule has 2 atom stereocenters. The summed E-state index contributed by atoms with van der Waals surface area (Å²) in [4.78, 5) is 55.8. The zero-order valence-corrected chi connectivity index (χ0v) is 22.4. The summed E-state index contributed by atoms with van der Waals surface area (Å²) in [5, 5.41) is 14.9. The van der Waals surface area contributed by atoms with Crippen molar-refractivity contribution in [2.24, 2.45) is 0 Å². The molecule has 0 spiro atoms. The summed E-state index contributed by atoms with van der Waals surface area (Å²) in [6, 6.07) is 2.45. The summed E-state index contributed by atoms with van der Waals surface area (Å²) in [6.45, 7) is 3.05. The average molecular weight is 550 g/mol. The van der Waals surface area contributed by atoms with Gasteiger partial charge in [-0.1, -0.05) is 6.92 Å². The first-order chi connectivity index (χ1) is 19.1. The number of methoxy groups -OCH3 is 1. The van der Waals surface area contributed by atoms with E-state index >= 15 is 4.39 Å². The van der Waals surface area contributed by atoms with Gasteiger partial charge in [-0.15, -0.1) is 0 Å². The molecular weight excluding hydrogens is 521 g/mol. The lowest BCUT2D eigenvalue weighted by Crippen LogP contribution is -2.44. The van der Waals surface area contributed by atoms with Crippen molar-refractivity contribution in [2.75, 3.05) is 13.7 Å². The second-order valence-corrected chi connectivity index (χ2v) is 10.6. The van der Waals surface area contributed by atoms with Crippen LogP contribution in [0.2, 0.25) is 0 Å². The molecule has 208 valence electrons. The highest BCUT2D eigenvalue weighted by Gasteiger charge is 2.46. The molecule has 3 aliphatic rings. The number of nitrogens with one attached hydrogen (secondary N) is 1. The number of ketones is 1. The fourth-order valence-corrected chi connectivity index (χ4v) is 6.34. The van der Waals surface area contributed by atoms with E-state index in [9.17, 15) is 24.3 Å². The van der Waals surface area contributed by atoms with Crippen LogP contribution in [0.5, 0.6) is 0 Å². The maximum atomic E-state index is 15.0. The van der Waals surface area contributed by atoms with Crippen molar-refractivity contribution < 1.29 is 33.4 Å². The van der Waals surface area contributed by atoms with Crippen LogP contribution in [0, 0.1) is 12.7 Å². The van der Waals surface area contributed by atoms with Crippen molar-refractivity contribution in [2.45, 2.75) is 64.3 Å². The molecule has 1 aromatic carbocycles. The smallest absolute Gasteiger partial charge is 0.343 e. The maximum absolute atomic E-state index is 15.0. The molecule has 0 unspecified atom stereocenters. The van der Waals surface area contributed by atoms with Gasteiger partial charge < -0.3 is 24.5 Å². The second kappa shape index (κ2) is 9.31. The third-order valence-electron chi connectivity index (χ3n) is 8.38. The van der Waals surface area contributed by atoms with E-state index in [1.165, 1.54) is 17.7 Å². The van der Waals surface area contributed by atoms with Gasteiger partial charge in [0.1, 0.15) is 19.0 Å². The quantitative estimate of drug-likeness (QED) is 0.276. The van der Waals surface area contributed by atoms with E-state index in [0.29, 0.717) is 40.9 Å². The first-order valence-corrected chi connectivity index (χ1v) is 13.2. The van der Waals surface area contributed by atoms with E-state index in [0.717, 1.165) is 16.5 Å². The van der Waals surface area contributed by atoms with Crippen LogP contribution >= 0.6 is 0 Å². The Bertz CT molecular complexity index is 1710. The molecule has 4 heterocycles. The number of rotatable bonds is 6. The molecule has 6 rings (SSSR count). The third kappa shape index (κ3) is 3.71. The van der Waals surface area contributed by atoms with E-state index in [1.807, 2.05) is 0 Å². The number of cyclic esters (lactones) is 1. The number of aliphatic hydroxyl groups is 1. The number of pyridine rings is 2. The summed E-state index contributed by atoms with van der Waals surface area (Å²) in [5.74, 6) is -2.04. The Balaban J connectivity index is 1.56. The number of carbonyl (C=O) groups excluding carboxylic acids is 3. The van der Waals surface area contributed by atoms with Gasteiger partial charge in [-0.3, -0.25) is 14.4 Å². The Kier molecular flexibility index (Phi) is 6.11. The number of carbonyl (C=O) groups is 3. The topological polar surface area (TPSA) is 137 Å². The number of halogens is 1. The van der Waals surface area contributed by atoms with Gasteiger partial charge in [0, 0.05) is 29.7 Å². The number of esters is 1. The molecule has 2 aliphatic heterocycles. The third-order valence-corrected chi connectivity index (χ3v) is 8.38. The molecule has 1 amide bonds. The van der Waals surface area contributed by atoms with Gasteiger partial charge in [0.05, 0.1) is 41.5 Å². The van der Waals surface area contributed by atoms with Crippen LogP contribution in [0.3, 0.4) is 0 Å². The van der Waals surface area contributed by atoms with Gasteiger partial charge in [0.2, 0.25) is 5.91 Å². The van der Waals surface area contributed by atoms with Gasteiger partial charge in [-0.05, 0) is 48.9 Å². The minimum Gasteiger partial charge on any atom is -0.458 e. The highest BCUT2D eigenvalue weighted by Crippen LogP contribution is 2.45. The minimum absolute atomic E-state index is 0.00866. The number of hydrogen-bond acceptors (Lipinski definition) is 8. The molecule has 0 fully saturated rings. The van der Waals surface area contributed by atoms with Crippen LogP contribution in [-0.4, -0.2) is 46.0 Å². The molecule has 40 heavy (non-hydrogen) atoms. The predicted octanol–water partition coefficient (Wildman–Crippen LogP) is 2.24. The molecule has 0 radical (unpaired) electrons. The fourth-order valence-electron chi connectivity index (χ4n) is 6.34. The van der Waals surface area contributed by atoms with Crippen molar-refractivity contribution in [1.29, 1.82) is 0 Å². The van der Waals surface area contributed by atoms with Crippen LogP contribution in [0.25, 0.3) is 22.3 Å². The molecule has 0 saturated carbocycles. The molecule has 2 N–H and O–H groups in total. The Labute approximate surface area is 228 Å². The van der Waals surface area contributed by atoms with E-state index in [4.69, 9.17) is 14.5 Å². The Morgan fingerprint density at radius 2 is 2.05 bits per heavy atom. The van der Waals surface area contributed by atoms with Crippen LogP contribution in [-0.2, 0) is 49.0 Å². The maximum Gasteiger partial charge on any atom is 0.343 e. The Morgan fingerprint density at radius 1 is 1.27 bits per heavy atom. The average Bonchev–Trinajstić information content (AvgIpc) is 3.29. The minimum atomic E-state index is -1.97. The lowest BCUT2D eigenvalue weighted by Gasteiger charge is -2.31. The van der Waals surface area contributed by atoms with Crippen molar-refractivity contribution in [3.8, 4) is 11.4 Å². The molecule has 0 bridgehead atoms. The number of aryl methyl sites for hydroxylation is 1. The normalized spacial score (nSPS) is 20.5. The number of Topliss-reactive ketones (excluding diaryl/α,β-unsaturated/α-hetero) is 1. The molecule has 3 aromatic rings. The van der Waals surface area contributed by atoms with Crippen LogP contribution < -0.4 is 10.9 Å².